The van der Waals surface area contributed by atoms with Gasteiger partial charge in [-0.25, -0.2) is 0 Å². The first kappa shape index (κ1) is 22.0. The molecule has 1 saturated heterocycles. The van der Waals surface area contributed by atoms with E-state index in [1.165, 1.54) is 12.8 Å². The second-order valence-corrected chi connectivity index (χ2v) is 6.70. The number of benzene rings is 1. The van der Waals surface area contributed by atoms with Crippen LogP contribution in [0.3, 0.4) is 0 Å². The Morgan fingerprint density at radius 3 is 2.92 bits per heavy atom. The van der Waals surface area contributed by atoms with E-state index in [0.717, 1.165) is 13.1 Å². The van der Waals surface area contributed by atoms with Crippen molar-refractivity contribution in [2.75, 3.05) is 38.7 Å². The van der Waals surface area contributed by atoms with E-state index in [9.17, 15) is 4.79 Å². The van der Waals surface area contributed by atoms with Crippen LogP contribution in [0.5, 0.6) is 5.75 Å². The van der Waals surface area contributed by atoms with Crippen molar-refractivity contribution in [3.63, 3.8) is 0 Å². The molecule has 0 spiro atoms. The third kappa shape index (κ3) is 7.02. The molecule has 2 atom stereocenters. The summed E-state index contributed by atoms with van der Waals surface area (Å²) in [5.74, 6) is 1.39. The average Bonchev–Trinajstić information content (AvgIpc) is 2.58. The highest BCUT2D eigenvalue weighted by Gasteiger charge is 2.22. The smallest absolute Gasteiger partial charge is 0.224 e. The van der Waals surface area contributed by atoms with Crippen LogP contribution >= 0.6 is 24.0 Å². The van der Waals surface area contributed by atoms with Crippen LogP contribution in [-0.2, 0) is 9.53 Å². The van der Waals surface area contributed by atoms with Crippen molar-refractivity contribution in [1.82, 2.24) is 5.32 Å². The lowest BCUT2D eigenvalue weighted by Crippen LogP contribution is -2.34. The lowest BCUT2D eigenvalue weighted by molar-refractivity contribution is -0.117. The second-order valence-electron chi connectivity index (χ2n) is 6.29. The molecule has 0 aromatic heterocycles. The molecule has 25 heavy (non-hydrogen) atoms. The predicted octanol–water partition coefficient (Wildman–Crippen LogP) is 3.75. The first-order chi connectivity index (χ1) is 11.6. The van der Waals surface area contributed by atoms with Crippen LogP contribution in [0.1, 0.15) is 26.2 Å². The van der Waals surface area contributed by atoms with Gasteiger partial charge in [0.05, 0.1) is 17.3 Å². The molecule has 1 aromatic carbocycles. The summed E-state index contributed by atoms with van der Waals surface area (Å²) in [6, 6.07) is 5.35. The standard InChI is InChI=1S/C18H27ClN2O3.ClH/c1-13(14-5-4-8-20-12-14)11-17(22)21-16-7-3-6-15(19)18(16)24-10-9-23-2;/h3,6-7,13-14,20H,4-5,8-12H2,1-2H3,(H,21,22);1H. The highest BCUT2D eigenvalue weighted by atomic mass is 35.5. The van der Waals surface area contributed by atoms with Crippen molar-refractivity contribution in [2.45, 2.75) is 26.2 Å². The number of nitrogens with one attached hydrogen (secondary N) is 2. The molecule has 2 unspecified atom stereocenters. The Labute approximate surface area is 161 Å². The fraction of sp³-hybridized carbons (Fsp3) is 0.611. The number of carbonyl (C=O) groups excluding carboxylic acids is 1. The van der Waals surface area contributed by atoms with Crippen molar-refractivity contribution in [2.24, 2.45) is 11.8 Å². The molecule has 0 bridgehead atoms. The molecule has 1 aromatic rings. The molecule has 7 heteroatoms. The Kier molecular flexibility index (Phi) is 10.2. The van der Waals surface area contributed by atoms with Crippen molar-refractivity contribution < 1.29 is 14.3 Å². The average molecular weight is 391 g/mol. The second kappa shape index (κ2) is 11.6. The molecule has 0 aliphatic carbocycles. The van der Waals surface area contributed by atoms with Gasteiger partial charge in [0.1, 0.15) is 6.61 Å². The molecule has 142 valence electrons. The van der Waals surface area contributed by atoms with E-state index >= 15 is 0 Å². The summed E-state index contributed by atoms with van der Waals surface area (Å²) >= 11 is 6.19. The molecule has 1 aliphatic heterocycles. The maximum atomic E-state index is 12.4. The Morgan fingerprint density at radius 2 is 2.24 bits per heavy atom. The van der Waals surface area contributed by atoms with Gasteiger partial charge in [-0.05, 0) is 49.9 Å². The van der Waals surface area contributed by atoms with Crippen molar-refractivity contribution in [1.29, 1.82) is 0 Å². The van der Waals surface area contributed by atoms with E-state index in [1.807, 2.05) is 0 Å². The van der Waals surface area contributed by atoms with Gasteiger partial charge in [0.25, 0.3) is 0 Å². The number of amides is 1. The summed E-state index contributed by atoms with van der Waals surface area (Å²) in [5, 5.41) is 6.82. The van der Waals surface area contributed by atoms with Crippen molar-refractivity contribution in [3.05, 3.63) is 23.2 Å². The number of carbonyl (C=O) groups is 1. The minimum atomic E-state index is -0.00747. The van der Waals surface area contributed by atoms with Crippen LogP contribution in [0.25, 0.3) is 0 Å². The number of para-hydroxylation sites is 1. The zero-order chi connectivity index (χ0) is 17.4. The zero-order valence-corrected chi connectivity index (χ0v) is 16.4. The Bertz CT molecular complexity index is 537. The van der Waals surface area contributed by atoms with E-state index < -0.39 is 0 Å². The predicted molar refractivity (Wildman–Crippen MR) is 104 cm³/mol. The van der Waals surface area contributed by atoms with Gasteiger partial charge in [-0.1, -0.05) is 24.6 Å². The lowest BCUT2D eigenvalue weighted by Gasteiger charge is -2.28. The molecule has 0 radical (unpaired) electrons. The van der Waals surface area contributed by atoms with Gasteiger partial charge in [-0.15, -0.1) is 12.4 Å². The topological polar surface area (TPSA) is 59.6 Å². The lowest BCUT2D eigenvalue weighted by atomic mass is 9.85. The molecule has 2 N–H and O–H groups in total. The van der Waals surface area contributed by atoms with E-state index in [1.54, 1.807) is 25.3 Å². The highest BCUT2D eigenvalue weighted by molar-refractivity contribution is 6.32. The van der Waals surface area contributed by atoms with Gasteiger partial charge >= 0.3 is 0 Å². The largest absolute Gasteiger partial charge is 0.487 e. The Hall–Kier alpha value is -1.01. The number of anilines is 1. The molecule has 2 rings (SSSR count). The third-order valence-corrected chi connectivity index (χ3v) is 4.72. The maximum absolute atomic E-state index is 12.4. The molecular formula is C18H28Cl2N2O3. The molecule has 1 aliphatic rings. The first-order valence-electron chi connectivity index (χ1n) is 8.52. The van der Waals surface area contributed by atoms with Gasteiger partial charge in [0, 0.05) is 13.5 Å². The van der Waals surface area contributed by atoms with Crippen LogP contribution in [0, 0.1) is 11.8 Å². The number of rotatable bonds is 8. The Balaban J connectivity index is 0.00000312. The minimum absolute atomic E-state index is 0. The fourth-order valence-electron chi connectivity index (χ4n) is 3.01. The summed E-state index contributed by atoms with van der Waals surface area (Å²) in [4.78, 5) is 12.4. The van der Waals surface area contributed by atoms with E-state index in [-0.39, 0.29) is 18.3 Å². The van der Waals surface area contributed by atoms with Gasteiger partial charge in [-0.3, -0.25) is 4.79 Å². The van der Waals surface area contributed by atoms with E-state index in [2.05, 4.69) is 17.6 Å². The number of hydrogen-bond donors (Lipinski definition) is 2. The molecular weight excluding hydrogens is 363 g/mol. The number of piperidine rings is 1. The normalized spacial score (nSPS) is 18.1. The van der Waals surface area contributed by atoms with Crippen LogP contribution in [0.2, 0.25) is 5.02 Å². The molecule has 0 saturated carbocycles. The van der Waals surface area contributed by atoms with Crippen molar-refractivity contribution >= 4 is 35.6 Å². The molecule has 1 amide bonds. The Morgan fingerprint density at radius 1 is 1.44 bits per heavy atom. The zero-order valence-electron chi connectivity index (χ0n) is 14.8. The monoisotopic (exact) mass is 390 g/mol. The highest BCUT2D eigenvalue weighted by Crippen LogP contribution is 2.33. The quantitative estimate of drug-likeness (QED) is 0.663. The van der Waals surface area contributed by atoms with Gasteiger partial charge in [0.15, 0.2) is 5.75 Å². The summed E-state index contributed by atoms with van der Waals surface area (Å²) in [7, 11) is 1.61. The van der Waals surface area contributed by atoms with Gasteiger partial charge < -0.3 is 20.1 Å². The van der Waals surface area contributed by atoms with Gasteiger partial charge in [-0.2, -0.15) is 0 Å². The van der Waals surface area contributed by atoms with Crippen LogP contribution in [-0.4, -0.2) is 39.3 Å². The summed E-state index contributed by atoms with van der Waals surface area (Å²) in [6.45, 7) is 5.07. The maximum Gasteiger partial charge on any atom is 0.224 e. The SMILES string of the molecule is COCCOc1c(Cl)cccc1NC(=O)CC(C)C1CCCNC1.Cl. The van der Waals surface area contributed by atoms with E-state index in [0.29, 0.717) is 47.9 Å². The third-order valence-electron chi connectivity index (χ3n) is 4.42. The first-order valence-corrected chi connectivity index (χ1v) is 8.90. The number of ether oxygens (including phenoxy) is 2. The number of hydrogen-bond acceptors (Lipinski definition) is 4. The van der Waals surface area contributed by atoms with Crippen molar-refractivity contribution in [3.8, 4) is 5.75 Å². The molecule has 1 heterocycles. The number of halogens is 2. The number of methoxy groups -OCH3 is 1. The fourth-order valence-corrected chi connectivity index (χ4v) is 3.23. The summed E-state index contributed by atoms with van der Waals surface area (Å²) in [5.41, 5.74) is 0.609. The van der Waals surface area contributed by atoms with Crippen LogP contribution in [0.15, 0.2) is 18.2 Å². The van der Waals surface area contributed by atoms with Crippen LogP contribution < -0.4 is 15.4 Å². The summed E-state index contributed by atoms with van der Waals surface area (Å²) in [6.07, 6.45) is 2.86. The summed E-state index contributed by atoms with van der Waals surface area (Å²) < 4.78 is 10.6. The van der Waals surface area contributed by atoms with Gasteiger partial charge in [0.2, 0.25) is 5.91 Å². The van der Waals surface area contributed by atoms with Crippen LogP contribution in [0.4, 0.5) is 5.69 Å². The minimum Gasteiger partial charge on any atom is -0.487 e. The molecule has 1 fully saturated rings. The molecule has 5 nitrogen and oxygen atoms in total. The van der Waals surface area contributed by atoms with E-state index in [4.69, 9.17) is 21.1 Å².